The molecule has 1 heterocycles. The highest BCUT2D eigenvalue weighted by molar-refractivity contribution is 7.92. The Morgan fingerprint density at radius 1 is 1.07 bits per heavy atom. The molecule has 0 bridgehead atoms. The van der Waals surface area contributed by atoms with Crippen LogP contribution >= 0.6 is 0 Å². The topological polar surface area (TPSA) is 102 Å². The van der Waals surface area contributed by atoms with E-state index in [1.807, 2.05) is 6.07 Å². The summed E-state index contributed by atoms with van der Waals surface area (Å²) in [7, 11) is -3.40. The van der Waals surface area contributed by atoms with Gasteiger partial charge in [-0.2, -0.15) is 0 Å². The molecule has 0 aliphatic rings. The number of carbonyl (C=O) groups excluding carboxylic acids is 2. The molecule has 0 spiro atoms. The molecule has 1 aromatic heterocycles. The van der Waals surface area contributed by atoms with E-state index in [-0.39, 0.29) is 5.78 Å². The Morgan fingerprint density at radius 3 is 2.38 bits per heavy atom. The molecule has 29 heavy (non-hydrogen) atoms. The van der Waals surface area contributed by atoms with E-state index >= 15 is 0 Å². The summed E-state index contributed by atoms with van der Waals surface area (Å²) in [6, 6.07) is 14.8. The van der Waals surface area contributed by atoms with Gasteiger partial charge < -0.3 is 4.74 Å². The number of aromatic nitrogens is 1. The summed E-state index contributed by atoms with van der Waals surface area (Å²) in [5.74, 6) is -0.998. The maximum absolute atomic E-state index is 12.7. The summed E-state index contributed by atoms with van der Waals surface area (Å²) in [4.78, 5) is 29.7. The summed E-state index contributed by atoms with van der Waals surface area (Å²) in [6.45, 7) is 3.28. The van der Waals surface area contributed by atoms with Gasteiger partial charge in [-0.1, -0.05) is 18.2 Å². The van der Waals surface area contributed by atoms with Crippen molar-refractivity contribution in [3.05, 3.63) is 71.4 Å². The molecule has 150 valence electrons. The molecule has 0 aliphatic carbocycles. The highest BCUT2D eigenvalue weighted by atomic mass is 32.2. The van der Waals surface area contributed by atoms with E-state index < -0.39 is 22.1 Å². The number of ether oxygens (including phenoxy) is 1. The number of sulfonamides is 1. The van der Waals surface area contributed by atoms with Crippen LogP contribution < -0.4 is 4.72 Å². The van der Waals surface area contributed by atoms with Crippen LogP contribution in [0.25, 0.3) is 10.9 Å². The fourth-order valence-corrected chi connectivity index (χ4v) is 3.47. The average molecular weight is 412 g/mol. The Bertz CT molecular complexity index is 1190. The van der Waals surface area contributed by atoms with E-state index in [1.54, 1.807) is 31.2 Å². The Morgan fingerprint density at radius 2 is 1.72 bits per heavy atom. The fourth-order valence-electron chi connectivity index (χ4n) is 2.91. The summed E-state index contributed by atoms with van der Waals surface area (Å²) in [5, 5.41) is 0.652. The molecule has 8 heteroatoms. The minimum absolute atomic E-state index is 0.306. The predicted molar refractivity (Wildman–Crippen MR) is 111 cm³/mol. The Kier molecular flexibility index (Phi) is 5.65. The molecule has 2 aromatic carbocycles. The van der Waals surface area contributed by atoms with Crippen LogP contribution in [0.4, 0.5) is 5.69 Å². The smallest absolute Gasteiger partial charge is 0.339 e. The minimum Gasteiger partial charge on any atom is -0.451 e. The first-order valence-corrected chi connectivity index (χ1v) is 10.7. The molecule has 1 N–H and O–H groups in total. The van der Waals surface area contributed by atoms with E-state index in [9.17, 15) is 18.0 Å². The van der Waals surface area contributed by atoms with Crippen molar-refractivity contribution in [1.29, 1.82) is 0 Å². The van der Waals surface area contributed by atoms with E-state index in [4.69, 9.17) is 4.74 Å². The van der Waals surface area contributed by atoms with E-state index in [0.29, 0.717) is 33.4 Å². The average Bonchev–Trinajstić information content (AvgIpc) is 2.66. The fraction of sp³-hybridized carbons (Fsp3) is 0.190. The van der Waals surface area contributed by atoms with Crippen molar-refractivity contribution in [3.8, 4) is 0 Å². The van der Waals surface area contributed by atoms with Crippen molar-refractivity contribution >= 4 is 38.4 Å². The number of nitrogens with one attached hydrogen (secondary N) is 1. The number of esters is 1. The first kappa shape index (κ1) is 20.5. The van der Waals surface area contributed by atoms with Crippen LogP contribution in [0, 0.1) is 6.92 Å². The maximum Gasteiger partial charge on any atom is 0.339 e. The molecule has 0 saturated heterocycles. The molecule has 0 amide bonds. The second-order valence-corrected chi connectivity index (χ2v) is 8.44. The van der Waals surface area contributed by atoms with E-state index in [2.05, 4.69) is 9.71 Å². The number of aryl methyl sites for hydroxylation is 1. The van der Waals surface area contributed by atoms with Crippen LogP contribution in [0.1, 0.15) is 33.3 Å². The lowest BCUT2D eigenvalue weighted by Gasteiger charge is -2.14. The molecule has 7 nitrogen and oxygen atoms in total. The van der Waals surface area contributed by atoms with Crippen molar-refractivity contribution in [2.45, 2.75) is 20.0 Å². The van der Waals surface area contributed by atoms with Crippen molar-refractivity contribution in [2.24, 2.45) is 0 Å². The van der Waals surface area contributed by atoms with Gasteiger partial charge in [0.15, 0.2) is 6.10 Å². The van der Waals surface area contributed by atoms with Gasteiger partial charge in [-0.25, -0.2) is 13.2 Å². The summed E-state index contributed by atoms with van der Waals surface area (Å²) in [5.41, 5.74) is 2.34. The van der Waals surface area contributed by atoms with Gasteiger partial charge in [0.05, 0.1) is 17.3 Å². The Hall–Kier alpha value is -3.26. The number of fused-ring (bicyclic) bond motifs is 1. The summed E-state index contributed by atoms with van der Waals surface area (Å²) < 4.78 is 30.2. The van der Waals surface area contributed by atoms with Crippen LogP contribution in [-0.2, 0) is 14.8 Å². The maximum atomic E-state index is 12.7. The van der Waals surface area contributed by atoms with Gasteiger partial charge in [-0.15, -0.1) is 0 Å². The molecule has 3 aromatic rings. The van der Waals surface area contributed by atoms with E-state index in [1.165, 1.54) is 31.2 Å². The van der Waals surface area contributed by atoms with Crippen LogP contribution in [0.5, 0.6) is 0 Å². The molecule has 1 atom stereocenters. The number of benzene rings is 2. The third-order valence-electron chi connectivity index (χ3n) is 4.19. The van der Waals surface area contributed by atoms with Crippen LogP contribution in [0.2, 0.25) is 0 Å². The van der Waals surface area contributed by atoms with Gasteiger partial charge in [0.2, 0.25) is 15.8 Å². The SMILES string of the molecule is Cc1cc(C(=O)O[C@@H](C)C(=O)c2ccc(NS(C)(=O)=O)cc2)c2ccccc2n1. The number of pyridine rings is 1. The van der Waals surface area contributed by atoms with Crippen LogP contribution in [0.15, 0.2) is 54.6 Å². The van der Waals surface area contributed by atoms with Gasteiger partial charge in [-0.05, 0) is 50.2 Å². The lowest BCUT2D eigenvalue weighted by atomic mass is 10.1. The highest BCUT2D eigenvalue weighted by Crippen LogP contribution is 2.20. The quantitative estimate of drug-likeness (QED) is 0.492. The Balaban J connectivity index is 1.77. The molecule has 3 rings (SSSR count). The number of anilines is 1. The summed E-state index contributed by atoms with van der Waals surface area (Å²) in [6.07, 6.45) is 0.0291. The number of Topliss-reactive ketones (excluding diaryl/α,β-unsaturated/α-hetero) is 1. The number of hydrogen-bond donors (Lipinski definition) is 1. The number of rotatable bonds is 6. The minimum atomic E-state index is -3.40. The second kappa shape index (κ2) is 8.00. The third kappa shape index (κ3) is 4.97. The number of nitrogens with zero attached hydrogens (tertiary/aromatic N) is 1. The lowest BCUT2D eigenvalue weighted by molar-refractivity contribution is 0.0320. The zero-order valence-electron chi connectivity index (χ0n) is 16.2. The largest absolute Gasteiger partial charge is 0.451 e. The van der Waals surface area contributed by atoms with Gasteiger partial charge in [0.1, 0.15) is 0 Å². The molecule has 0 unspecified atom stereocenters. The second-order valence-electron chi connectivity index (χ2n) is 6.69. The number of para-hydroxylation sites is 1. The molecular formula is C21H20N2O5S. The van der Waals surface area contributed by atoms with E-state index in [0.717, 1.165) is 6.26 Å². The van der Waals surface area contributed by atoms with Gasteiger partial charge in [0.25, 0.3) is 0 Å². The van der Waals surface area contributed by atoms with Crippen LogP contribution in [0.3, 0.4) is 0 Å². The van der Waals surface area contributed by atoms with Gasteiger partial charge in [0, 0.05) is 22.3 Å². The van der Waals surface area contributed by atoms with Crippen molar-refractivity contribution < 1.29 is 22.7 Å². The number of hydrogen-bond acceptors (Lipinski definition) is 6. The standard InChI is InChI=1S/C21H20N2O5S/c1-13-12-18(17-6-4-5-7-19(17)22-13)21(25)28-14(2)20(24)15-8-10-16(11-9-15)23-29(3,26)27/h4-12,14,23H,1-3H3/t14-/m0/s1. The molecule has 0 fully saturated rings. The highest BCUT2D eigenvalue weighted by Gasteiger charge is 2.22. The van der Waals surface area contributed by atoms with Crippen molar-refractivity contribution in [1.82, 2.24) is 4.98 Å². The zero-order valence-corrected chi connectivity index (χ0v) is 17.0. The summed E-state index contributed by atoms with van der Waals surface area (Å²) >= 11 is 0. The monoisotopic (exact) mass is 412 g/mol. The van der Waals surface area contributed by atoms with Crippen molar-refractivity contribution in [2.75, 3.05) is 11.0 Å². The van der Waals surface area contributed by atoms with Crippen molar-refractivity contribution in [3.63, 3.8) is 0 Å². The number of carbonyl (C=O) groups is 2. The van der Waals surface area contributed by atoms with Gasteiger partial charge in [-0.3, -0.25) is 14.5 Å². The third-order valence-corrected chi connectivity index (χ3v) is 4.80. The normalized spacial score (nSPS) is 12.4. The molecule has 0 saturated carbocycles. The molecular weight excluding hydrogens is 392 g/mol. The number of ketones is 1. The lowest BCUT2D eigenvalue weighted by Crippen LogP contribution is -2.24. The first-order valence-electron chi connectivity index (χ1n) is 8.83. The predicted octanol–water partition coefficient (Wildman–Crippen LogP) is 3.34. The Labute approximate surface area is 168 Å². The van der Waals surface area contributed by atoms with Crippen LogP contribution in [-0.4, -0.2) is 37.5 Å². The molecule has 0 radical (unpaired) electrons. The zero-order chi connectivity index (χ0) is 21.2. The van der Waals surface area contributed by atoms with Gasteiger partial charge >= 0.3 is 5.97 Å². The molecule has 0 aliphatic heterocycles. The first-order chi connectivity index (χ1) is 13.6.